The standard InChI is InChI=1S/C32H32F3N5O4S.C32H32N6O4S.C31H30N6O5S/c1-45(43,19-32(33,34)35)26-4-2-3-20(15-26)18-40-29-22(16-27(30(40)42)28(41)21-5-6-21)17-37-31(39-29)38-23-7-9-24(10-8-23)44-25-11-13-36-14-12-25;1-2-41-28-18-23-19-35-32(36-24-9-11-25(12-10-24)42-26-7-5-15-34-20-26)37-30(23)38(31(28)39)21-22-6-3-4-8-29(22)43(40)27-13-16-33-17-14-27;1-36-13-14-41-27(18-36)21-9-11-23(12-10-21)34-31-32-16-22-15-25(20-7-8-20)29(38)37(28(22)35-31)17-26-30(42-19-33-26)43(39,40)24-5-3-2-4-6-24/h2-4,7-10,15-17,21,25,36H,1,5-6,11-14,18-19H2,(H,37,38,39);3-4,6,8-14,16-19,26,34H,2,5,7,15,20-21H2,1H3,(H,35,36,37);2-6,9-12,15-16,19-20,27H,7-8,13-14,17-18H2,1H3,(H,32,34,35). The van der Waals surface area contributed by atoms with E-state index < -0.39 is 47.6 Å². The number of carbonyl (C=O) groups is 1. The number of ether oxygens (including phenoxy) is 4. The number of fused-ring (bicyclic) bond motifs is 3. The van der Waals surface area contributed by atoms with E-state index in [1.165, 1.54) is 51.7 Å². The van der Waals surface area contributed by atoms with Crippen LogP contribution >= 0.6 is 0 Å². The summed E-state index contributed by atoms with van der Waals surface area (Å²) in [4.78, 5) is 93.3. The highest BCUT2D eigenvalue weighted by atomic mass is 32.2. The zero-order valence-electron chi connectivity index (χ0n) is 71.6. The highest BCUT2D eigenvalue weighted by Crippen LogP contribution is 2.40. The number of alkyl halides is 3. The van der Waals surface area contributed by atoms with Crippen LogP contribution in [0.5, 0.6) is 17.2 Å². The summed E-state index contributed by atoms with van der Waals surface area (Å²) in [6, 6.07) is 52.5. The van der Waals surface area contributed by atoms with E-state index >= 15 is 0 Å². The number of rotatable bonds is 28. The van der Waals surface area contributed by atoms with Gasteiger partial charge in [0.2, 0.25) is 32.8 Å². The third-order valence-corrected chi connectivity index (χ3v) is 27.9. The summed E-state index contributed by atoms with van der Waals surface area (Å²) in [7, 11) is -7.05. The summed E-state index contributed by atoms with van der Waals surface area (Å²) >= 11 is 0. The zero-order valence-corrected chi connectivity index (χ0v) is 74.0. The average molecular weight is 1840 g/mol. The lowest BCUT2D eigenvalue weighted by atomic mass is 10.1. The molecule has 0 spiro atoms. The van der Waals surface area contributed by atoms with E-state index in [1.54, 1.807) is 71.8 Å². The van der Waals surface area contributed by atoms with Crippen LogP contribution in [0.2, 0.25) is 0 Å². The molecule has 5 N–H and O–H groups in total. The Labute approximate surface area is 753 Å². The molecule has 131 heavy (non-hydrogen) atoms. The number of hydrogen-bond acceptors (Lipinski definition) is 27. The Morgan fingerprint density at radius 1 is 0.611 bits per heavy atom. The van der Waals surface area contributed by atoms with Crippen molar-refractivity contribution < 1.29 is 58.2 Å². The fourth-order valence-electron chi connectivity index (χ4n) is 15.8. The van der Waals surface area contributed by atoms with Gasteiger partial charge in [0.1, 0.15) is 52.1 Å². The number of aromatic nitrogens is 11. The Morgan fingerprint density at radius 3 is 1.80 bits per heavy atom. The first-order chi connectivity index (χ1) is 63.4. The molecule has 3 aliphatic heterocycles. The van der Waals surface area contributed by atoms with Crippen molar-refractivity contribution in [1.82, 2.24) is 69.1 Å². The minimum atomic E-state index is -4.67. The molecule has 19 rings (SSSR count). The van der Waals surface area contributed by atoms with Crippen LogP contribution in [-0.2, 0) is 54.5 Å². The number of nitrogens with one attached hydrogen (secondary N) is 5. The molecule has 5 fully saturated rings. The second kappa shape index (κ2) is 39.6. The maximum absolute atomic E-state index is 13.8. The molecule has 0 bridgehead atoms. The van der Waals surface area contributed by atoms with Gasteiger partial charge >= 0.3 is 6.18 Å². The highest BCUT2D eigenvalue weighted by Gasteiger charge is 2.36. The minimum Gasteiger partial charge on any atom is -0.490 e. The van der Waals surface area contributed by atoms with Gasteiger partial charge in [-0.3, -0.25) is 42.1 Å². The zero-order chi connectivity index (χ0) is 90.9. The minimum absolute atomic E-state index is 0.00725. The lowest BCUT2D eigenvalue weighted by molar-refractivity contribution is -0.105. The Balaban J connectivity index is 0.000000137. The molecular formula is C95H94F3N17O13S3. The van der Waals surface area contributed by atoms with Crippen molar-refractivity contribution in [3.8, 4) is 17.2 Å². The third kappa shape index (κ3) is 21.8. The van der Waals surface area contributed by atoms with Crippen LogP contribution in [0.1, 0.15) is 109 Å². The molecule has 4 unspecified atom stereocenters. The first kappa shape index (κ1) is 89.7. The van der Waals surface area contributed by atoms with Crippen molar-refractivity contribution >= 4 is 110 Å². The first-order valence-electron chi connectivity index (χ1n) is 43.1. The van der Waals surface area contributed by atoms with Crippen LogP contribution in [0, 0.1) is 5.92 Å². The van der Waals surface area contributed by atoms with E-state index in [0.29, 0.717) is 92.0 Å². The summed E-state index contributed by atoms with van der Waals surface area (Å²) in [6.07, 6.45) is 12.1. The Morgan fingerprint density at radius 2 is 1.20 bits per heavy atom. The smallest absolute Gasteiger partial charge is 0.400 e. The molecule has 30 nitrogen and oxygen atoms in total. The highest BCUT2D eigenvalue weighted by molar-refractivity contribution is 8.00. The maximum Gasteiger partial charge on any atom is 0.400 e. The quantitative estimate of drug-likeness (QED) is 0.0225. The number of ketones is 1. The lowest BCUT2D eigenvalue weighted by Gasteiger charge is -2.30. The number of sulfone groups is 1. The van der Waals surface area contributed by atoms with E-state index in [2.05, 4.69) is 74.3 Å². The number of benzene rings is 6. The van der Waals surface area contributed by atoms with Crippen LogP contribution in [-0.4, -0.2) is 171 Å². The van der Waals surface area contributed by atoms with E-state index in [9.17, 15) is 49.2 Å². The van der Waals surface area contributed by atoms with Crippen LogP contribution < -0.4 is 57.5 Å². The normalized spacial score (nSPS) is 16.8. The molecule has 2 saturated carbocycles. The summed E-state index contributed by atoms with van der Waals surface area (Å²) in [5, 5.41) is 17.7. The summed E-state index contributed by atoms with van der Waals surface area (Å²) in [6.45, 7) is 8.22. The topological polar surface area (TPSA) is 368 Å². The Hall–Kier alpha value is -13.2. The van der Waals surface area contributed by atoms with Crippen molar-refractivity contribution in [2.45, 2.75) is 133 Å². The number of halogens is 3. The fourth-order valence-corrected chi connectivity index (χ4v) is 19.7. The summed E-state index contributed by atoms with van der Waals surface area (Å²) in [5.41, 5.74) is 5.17. The van der Waals surface area contributed by atoms with Crippen LogP contribution in [0.3, 0.4) is 0 Å². The first-order valence-corrected chi connectivity index (χ1v) is 47.6. The molecular weight excluding hydrogens is 1740 g/mol. The number of carbonyl (C=O) groups excluding carboxylic acids is 1. The number of morpholine rings is 1. The predicted molar refractivity (Wildman–Crippen MR) is 492 cm³/mol. The third-order valence-electron chi connectivity index (χ3n) is 22.8. The van der Waals surface area contributed by atoms with Gasteiger partial charge in [-0.15, -0.1) is 0 Å². The van der Waals surface area contributed by atoms with E-state index in [4.69, 9.17) is 33.3 Å². The molecule has 676 valence electrons. The van der Waals surface area contributed by atoms with Gasteiger partial charge in [-0.1, -0.05) is 60.7 Å². The molecule has 36 heteroatoms. The predicted octanol–water partition coefficient (Wildman–Crippen LogP) is 13.9. The van der Waals surface area contributed by atoms with Crippen molar-refractivity contribution in [2.75, 3.05) is 81.2 Å². The van der Waals surface area contributed by atoms with E-state index in [0.717, 1.165) is 118 Å². The second-order valence-corrected chi connectivity index (χ2v) is 38.3. The SMILES string of the molecule is C=S(=O)(CC(F)(F)F)c1cccc(Cn2c(=O)c(C(=O)C3CC3)cc3cnc(Nc4ccc(OC5CCNCC5)cc4)nc32)c1.CCOc1cc2cnc(Nc3ccc(OC4CCCNC4)cc3)nc2n(Cc2ccccc2S(=O)c2ccncc2)c1=O.CN1CCOC(c2ccc(Nc3ncc4cc(C5CC5)c(=O)n(Cc5ncoc5S(=O)(=O)c5ccccc5)c4n3)cc2)C1. The number of nitrogens with zero attached hydrogens (tertiary/aromatic N) is 12. The molecule has 0 radical (unpaired) electrons. The number of Topliss-reactive ketones (excluding diaryl/α,β-unsaturated/α-hetero) is 1. The monoisotopic (exact) mass is 1830 g/mol. The van der Waals surface area contributed by atoms with Gasteiger partial charge in [0.25, 0.3) is 16.7 Å². The van der Waals surface area contributed by atoms with Gasteiger partial charge < -0.3 is 54.8 Å². The molecule has 2 aliphatic carbocycles. The van der Waals surface area contributed by atoms with Gasteiger partial charge in [0.05, 0.1) is 60.2 Å². The lowest BCUT2D eigenvalue weighted by Crippen LogP contribution is -2.37. The van der Waals surface area contributed by atoms with Crippen molar-refractivity contribution in [3.63, 3.8) is 0 Å². The summed E-state index contributed by atoms with van der Waals surface area (Å²) in [5.74, 6) is 4.07. The largest absolute Gasteiger partial charge is 0.490 e. The molecule has 5 aliphatic rings. The fraction of sp³-hybridized carbons (Fsp3) is 0.295. The molecule has 14 aromatic rings. The average Bonchev–Trinajstić information content (AvgIpc) is 1.66. The van der Waals surface area contributed by atoms with E-state index in [-0.39, 0.29) is 110 Å². The van der Waals surface area contributed by atoms with Gasteiger partial charge in [0, 0.05) is 120 Å². The van der Waals surface area contributed by atoms with Crippen molar-refractivity contribution in [1.29, 1.82) is 0 Å². The number of anilines is 6. The van der Waals surface area contributed by atoms with Crippen LogP contribution in [0.4, 0.5) is 48.1 Å². The van der Waals surface area contributed by atoms with Crippen LogP contribution in [0.25, 0.3) is 33.1 Å². The van der Waals surface area contributed by atoms with Gasteiger partial charge in [-0.05, 0) is 235 Å². The van der Waals surface area contributed by atoms with Gasteiger partial charge in [-0.2, -0.15) is 28.1 Å². The number of oxazole rings is 1. The van der Waals surface area contributed by atoms with Crippen LogP contribution in [0.15, 0.2) is 263 Å². The molecule has 0 amide bonds. The summed E-state index contributed by atoms with van der Waals surface area (Å²) < 4.78 is 126. The van der Waals surface area contributed by atoms with Gasteiger partial charge in [-0.25, -0.2) is 32.6 Å². The second-order valence-electron chi connectivity index (χ2n) is 32.6. The number of pyridine rings is 4. The molecule has 8 aromatic heterocycles. The van der Waals surface area contributed by atoms with Crippen molar-refractivity contribution in [2.24, 2.45) is 5.92 Å². The van der Waals surface area contributed by atoms with Crippen molar-refractivity contribution in [3.05, 3.63) is 284 Å². The molecule has 11 heterocycles. The number of piperidine rings is 2. The molecule has 4 atom stereocenters. The molecule has 6 aromatic carbocycles. The Bertz CT molecular complexity index is 6960. The maximum atomic E-state index is 13.8. The Kier molecular flexibility index (Phi) is 27.1. The molecule has 3 saturated heterocycles. The number of likely N-dealkylation sites (N-methyl/N-ethyl adjacent to an activating group) is 1. The number of hydrogen-bond donors (Lipinski definition) is 5. The van der Waals surface area contributed by atoms with Gasteiger partial charge in [0.15, 0.2) is 17.9 Å². The van der Waals surface area contributed by atoms with E-state index in [1.807, 2.05) is 110 Å².